The zero-order valence-corrected chi connectivity index (χ0v) is 11.2. The van der Waals surface area contributed by atoms with Crippen LogP contribution >= 0.6 is 0 Å². The molecule has 114 valence electrons. The Balaban J connectivity index is 2.62. The molecule has 0 unspecified atom stereocenters. The van der Waals surface area contributed by atoms with Crippen LogP contribution in [-0.4, -0.2) is 46.2 Å². The van der Waals surface area contributed by atoms with Crippen LogP contribution in [0.4, 0.5) is 9.18 Å². The molecule has 2 amide bonds. The average molecular weight is 298 g/mol. The van der Waals surface area contributed by atoms with Gasteiger partial charge in [-0.1, -0.05) is 12.1 Å². The van der Waals surface area contributed by atoms with Crippen LogP contribution in [0.3, 0.4) is 0 Å². The molecule has 0 saturated carbocycles. The van der Waals surface area contributed by atoms with Crippen molar-refractivity contribution < 1.29 is 29.0 Å². The zero-order valence-electron chi connectivity index (χ0n) is 11.2. The van der Waals surface area contributed by atoms with Gasteiger partial charge in [-0.2, -0.15) is 0 Å². The van der Waals surface area contributed by atoms with Crippen molar-refractivity contribution in [2.24, 2.45) is 0 Å². The Labute approximate surface area is 120 Å². The van der Waals surface area contributed by atoms with Crippen molar-refractivity contribution in [3.8, 4) is 0 Å². The molecule has 0 aromatic heterocycles. The molecule has 0 bridgehead atoms. The summed E-state index contributed by atoms with van der Waals surface area (Å²) in [6.45, 7) is 0.130. The predicted molar refractivity (Wildman–Crippen MR) is 70.1 cm³/mol. The van der Waals surface area contributed by atoms with Crippen LogP contribution in [0.1, 0.15) is 12.0 Å². The van der Waals surface area contributed by atoms with E-state index in [-0.39, 0.29) is 6.54 Å². The molecule has 0 heterocycles. The van der Waals surface area contributed by atoms with Crippen molar-refractivity contribution in [3.63, 3.8) is 0 Å². The van der Waals surface area contributed by atoms with E-state index in [2.05, 4.69) is 5.32 Å². The van der Waals surface area contributed by atoms with E-state index in [4.69, 9.17) is 10.2 Å². The summed E-state index contributed by atoms with van der Waals surface area (Å²) >= 11 is 0. The second-order valence-corrected chi connectivity index (χ2v) is 4.42. The number of hydrogen-bond donors (Lipinski definition) is 3. The van der Waals surface area contributed by atoms with Gasteiger partial charge in [0.05, 0.1) is 6.42 Å². The van der Waals surface area contributed by atoms with Crippen LogP contribution in [0.2, 0.25) is 0 Å². The van der Waals surface area contributed by atoms with E-state index in [1.54, 1.807) is 0 Å². The Morgan fingerprint density at radius 3 is 2.29 bits per heavy atom. The van der Waals surface area contributed by atoms with E-state index < -0.39 is 36.2 Å². The van der Waals surface area contributed by atoms with Gasteiger partial charge in [-0.3, -0.25) is 4.79 Å². The normalized spacial score (nSPS) is 11.5. The highest BCUT2D eigenvalue weighted by Gasteiger charge is 2.24. The minimum absolute atomic E-state index is 0.130. The minimum Gasteiger partial charge on any atom is -0.481 e. The molecule has 0 aliphatic heterocycles. The van der Waals surface area contributed by atoms with E-state index in [1.165, 1.54) is 36.2 Å². The van der Waals surface area contributed by atoms with Gasteiger partial charge in [0.2, 0.25) is 0 Å². The van der Waals surface area contributed by atoms with E-state index in [9.17, 15) is 18.8 Å². The van der Waals surface area contributed by atoms with Gasteiger partial charge in [0.25, 0.3) is 0 Å². The minimum atomic E-state index is -1.51. The number of aliphatic carboxylic acids is 2. The lowest BCUT2D eigenvalue weighted by Crippen LogP contribution is -2.47. The number of carbonyl (C=O) groups is 3. The molecular formula is C13H15FN2O5. The first kappa shape index (κ1) is 16.4. The lowest BCUT2D eigenvalue weighted by atomic mass is 10.2. The van der Waals surface area contributed by atoms with Gasteiger partial charge in [-0.15, -0.1) is 0 Å². The fourth-order valence-electron chi connectivity index (χ4n) is 1.57. The van der Waals surface area contributed by atoms with Gasteiger partial charge in [0.15, 0.2) is 0 Å². The molecule has 0 spiro atoms. The van der Waals surface area contributed by atoms with E-state index in [0.29, 0.717) is 5.56 Å². The monoisotopic (exact) mass is 298 g/mol. The summed E-state index contributed by atoms with van der Waals surface area (Å²) in [4.78, 5) is 34.3. The van der Waals surface area contributed by atoms with Gasteiger partial charge >= 0.3 is 18.0 Å². The first-order chi connectivity index (χ1) is 9.79. The summed E-state index contributed by atoms with van der Waals surface area (Å²) in [7, 11) is 1.42. The highest BCUT2D eigenvalue weighted by molar-refractivity contribution is 5.86. The lowest BCUT2D eigenvalue weighted by molar-refractivity contribution is -0.145. The molecule has 7 nitrogen and oxygen atoms in total. The first-order valence-corrected chi connectivity index (χ1v) is 6.00. The Bertz CT molecular complexity index is 532. The maximum atomic E-state index is 12.8. The Hall–Kier alpha value is -2.64. The van der Waals surface area contributed by atoms with E-state index in [1.807, 2.05) is 0 Å². The van der Waals surface area contributed by atoms with Crippen molar-refractivity contribution in [1.82, 2.24) is 10.2 Å². The molecular weight excluding hydrogens is 283 g/mol. The molecule has 8 heteroatoms. The number of carboxylic acids is 2. The predicted octanol–water partition coefficient (Wildman–Crippen LogP) is 0.895. The van der Waals surface area contributed by atoms with Crippen molar-refractivity contribution in [2.75, 3.05) is 7.05 Å². The van der Waals surface area contributed by atoms with Gasteiger partial charge in [-0.05, 0) is 17.7 Å². The second kappa shape index (κ2) is 7.22. The smallest absolute Gasteiger partial charge is 0.326 e. The zero-order chi connectivity index (χ0) is 16.0. The molecule has 3 N–H and O–H groups in total. The number of urea groups is 1. The van der Waals surface area contributed by atoms with Crippen LogP contribution < -0.4 is 5.32 Å². The summed E-state index contributed by atoms with van der Waals surface area (Å²) in [6.07, 6.45) is -0.717. The third-order valence-electron chi connectivity index (χ3n) is 2.65. The molecule has 1 rings (SSSR count). The number of hydrogen-bond acceptors (Lipinski definition) is 3. The fourth-order valence-corrected chi connectivity index (χ4v) is 1.57. The third-order valence-corrected chi connectivity index (χ3v) is 2.65. The Morgan fingerprint density at radius 2 is 1.81 bits per heavy atom. The Kier molecular flexibility index (Phi) is 5.65. The number of carbonyl (C=O) groups excluding carboxylic acids is 1. The van der Waals surface area contributed by atoms with Crippen LogP contribution in [0, 0.1) is 5.82 Å². The molecule has 0 aliphatic rings. The lowest BCUT2D eigenvalue weighted by Gasteiger charge is -2.20. The summed E-state index contributed by atoms with van der Waals surface area (Å²) < 4.78 is 12.8. The number of nitrogens with one attached hydrogen (secondary N) is 1. The molecule has 0 saturated heterocycles. The third kappa shape index (κ3) is 5.47. The van der Waals surface area contributed by atoms with Crippen molar-refractivity contribution in [3.05, 3.63) is 35.6 Å². The molecule has 1 aromatic rings. The van der Waals surface area contributed by atoms with Crippen LogP contribution in [-0.2, 0) is 16.1 Å². The number of rotatable bonds is 6. The van der Waals surface area contributed by atoms with Crippen LogP contribution in [0.15, 0.2) is 24.3 Å². The second-order valence-electron chi connectivity index (χ2n) is 4.42. The number of nitrogens with zero attached hydrogens (tertiary/aromatic N) is 1. The topological polar surface area (TPSA) is 107 Å². The van der Waals surface area contributed by atoms with Crippen LogP contribution in [0.25, 0.3) is 0 Å². The number of halogens is 1. The first-order valence-electron chi connectivity index (χ1n) is 6.00. The standard InChI is InChI=1S/C13H15FN2O5/c1-16(7-8-2-4-9(14)5-3-8)13(21)15-10(12(19)20)6-11(17)18/h2-5,10H,6-7H2,1H3,(H,15,21)(H,17,18)(H,19,20)/t10-/m0/s1. The number of carboxylic acid groups (broad SMARTS) is 2. The summed E-state index contributed by atoms with van der Waals surface area (Å²) in [6, 6.07) is 3.23. The fraction of sp³-hybridized carbons (Fsp3) is 0.308. The SMILES string of the molecule is CN(Cc1ccc(F)cc1)C(=O)N[C@@H](CC(=O)O)C(=O)O. The summed E-state index contributed by atoms with van der Waals surface area (Å²) in [5.41, 5.74) is 0.652. The van der Waals surface area contributed by atoms with E-state index in [0.717, 1.165) is 0 Å². The highest BCUT2D eigenvalue weighted by Crippen LogP contribution is 2.06. The van der Waals surface area contributed by atoms with Gasteiger partial charge < -0.3 is 20.4 Å². The van der Waals surface area contributed by atoms with Gasteiger partial charge in [0, 0.05) is 13.6 Å². The quantitative estimate of drug-likeness (QED) is 0.723. The molecule has 0 aliphatic carbocycles. The van der Waals surface area contributed by atoms with E-state index >= 15 is 0 Å². The molecule has 0 radical (unpaired) electrons. The molecule has 21 heavy (non-hydrogen) atoms. The maximum Gasteiger partial charge on any atom is 0.326 e. The molecule has 1 atom stereocenters. The van der Waals surface area contributed by atoms with Crippen LogP contribution in [0.5, 0.6) is 0 Å². The van der Waals surface area contributed by atoms with Crippen molar-refractivity contribution >= 4 is 18.0 Å². The molecule has 1 aromatic carbocycles. The maximum absolute atomic E-state index is 12.8. The summed E-state index contributed by atoms with van der Waals surface area (Å²) in [5.74, 6) is -3.16. The van der Waals surface area contributed by atoms with Crippen molar-refractivity contribution in [1.29, 1.82) is 0 Å². The molecule has 0 fully saturated rings. The number of benzene rings is 1. The van der Waals surface area contributed by atoms with Gasteiger partial charge in [-0.25, -0.2) is 14.0 Å². The summed E-state index contributed by atoms with van der Waals surface area (Å²) in [5, 5.41) is 19.5. The van der Waals surface area contributed by atoms with Crippen molar-refractivity contribution in [2.45, 2.75) is 19.0 Å². The largest absolute Gasteiger partial charge is 0.481 e. The average Bonchev–Trinajstić information content (AvgIpc) is 2.39. The van der Waals surface area contributed by atoms with Gasteiger partial charge in [0.1, 0.15) is 11.9 Å². The Morgan fingerprint density at radius 1 is 1.24 bits per heavy atom. The number of amides is 2. The highest BCUT2D eigenvalue weighted by atomic mass is 19.1.